The zero-order chi connectivity index (χ0) is 26.9. The topological polar surface area (TPSA) is 29.5 Å². The molecular formula is C35H59NO2. The number of fused-ring (bicyclic) bond motifs is 5. The lowest BCUT2D eigenvalue weighted by Gasteiger charge is -2.58. The van der Waals surface area contributed by atoms with Gasteiger partial charge in [0.25, 0.3) is 0 Å². The van der Waals surface area contributed by atoms with Crippen LogP contribution in [-0.4, -0.2) is 36.6 Å². The molecule has 0 aromatic heterocycles. The van der Waals surface area contributed by atoms with Gasteiger partial charge in [-0.25, -0.2) is 0 Å². The standard InChI is InChI=1S/C35H59NO2/c1-25(2)10-9-11-26(3)30-14-15-31-29-13-12-27-24-28(38-33(37)18-23-36-21-7-6-8-22-36)16-19-34(27,4)32(29)17-20-35(30,31)5/h12,25-26,28-32H,6-11,13-24H2,1-5H3/t26-,28+,29-,30-,31+,32+,34+,35-/m1/s1. The summed E-state index contributed by atoms with van der Waals surface area (Å²) in [6.07, 6.45) is 21.8. The van der Waals surface area contributed by atoms with E-state index < -0.39 is 0 Å². The number of carbonyl (C=O) groups excluding carboxylic acids is 1. The normalized spacial score (nSPS) is 40.2. The summed E-state index contributed by atoms with van der Waals surface area (Å²) in [5, 5.41) is 0. The molecule has 5 rings (SSSR count). The maximum Gasteiger partial charge on any atom is 0.307 e. The van der Waals surface area contributed by atoms with Crippen LogP contribution in [0.1, 0.15) is 131 Å². The molecule has 0 aromatic rings. The van der Waals surface area contributed by atoms with Crippen molar-refractivity contribution >= 4 is 5.97 Å². The molecule has 0 amide bonds. The molecule has 1 aliphatic heterocycles. The lowest BCUT2D eigenvalue weighted by atomic mass is 9.47. The summed E-state index contributed by atoms with van der Waals surface area (Å²) in [4.78, 5) is 15.1. The summed E-state index contributed by atoms with van der Waals surface area (Å²) in [7, 11) is 0. The van der Waals surface area contributed by atoms with E-state index in [1.165, 1.54) is 77.0 Å². The predicted octanol–water partition coefficient (Wildman–Crippen LogP) is 8.82. The minimum absolute atomic E-state index is 0.0337. The predicted molar refractivity (Wildman–Crippen MR) is 158 cm³/mol. The number of ether oxygens (including phenoxy) is 1. The third kappa shape index (κ3) is 5.80. The zero-order valence-corrected chi connectivity index (χ0v) is 25.6. The summed E-state index contributed by atoms with van der Waals surface area (Å²) in [5.41, 5.74) is 2.53. The minimum Gasteiger partial charge on any atom is -0.462 e. The highest BCUT2D eigenvalue weighted by molar-refractivity contribution is 5.69. The van der Waals surface area contributed by atoms with E-state index in [1.54, 1.807) is 5.57 Å². The molecule has 0 aromatic carbocycles. The first-order chi connectivity index (χ1) is 18.2. The molecule has 5 aliphatic rings. The van der Waals surface area contributed by atoms with E-state index in [4.69, 9.17) is 4.74 Å². The number of likely N-dealkylation sites (tertiary alicyclic amines) is 1. The molecule has 1 saturated heterocycles. The maximum absolute atomic E-state index is 12.7. The van der Waals surface area contributed by atoms with Gasteiger partial charge in [-0.1, -0.05) is 72.0 Å². The average Bonchev–Trinajstić information content (AvgIpc) is 3.25. The van der Waals surface area contributed by atoms with Crippen molar-refractivity contribution in [2.24, 2.45) is 46.3 Å². The Morgan fingerprint density at radius 2 is 1.79 bits per heavy atom. The lowest BCUT2D eigenvalue weighted by Crippen LogP contribution is -2.51. The van der Waals surface area contributed by atoms with E-state index in [0.29, 0.717) is 17.3 Å². The van der Waals surface area contributed by atoms with Gasteiger partial charge in [0, 0.05) is 13.0 Å². The van der Waals surface area contributed by atoms with Crippen LogP contribution < -0.4 is 0 Å². The number of carbonyl (C=O) groups is 1. The van der Waals surface area contributed by atoms with Crippen LogP contribution in [0.5, 0.6) is 0 Å². The Morgan fingerprint density at radius 1 is 1.00 bits per heavy atom. The van der Waals surface area contributed by atoms with Crippen LogP contribution in [0.25, 0.3) is 0 Å². The zero-order valence-electron chi connectivity index (χ0n) is 25.6. The first kappa shape index (κ1) is 28.7. The van der Waals surface area contributed by atoms with Crippen LogP contribution in [0.2, 0.25) is 0 Å². The average molecular weight is 526 g/mol. The second-order valence-corrected chi connectivity index (χ2v) is 15.3. The lowest BCUT2D eigenvalue weighted by molar-refractivity contribution is -0.152. The summed E-state index contributed by atoms with van der Waals surface area (Å²) >= 11 is 0. The van der Waals surface area contributed by atoms with Crippen LogP contribution in [0.3, 0.4) is 0 Å². The number of rotatable bonds is 9. The van der Waals surface area contributed by atoms with Gasteiger partial charge in [-0.2, -0.15) is 0 Å². The van der Waals surface area contributed by atoms with Gasteiger partial charge < -0.3 is 9.64 Å². The van der Waals surface area contributed by atoms with Crippen LogP contribution in [-0.2, 0) is 9.53 Å². The molecule has 1 heterocycles. The van der Waals surface area contributed by atoms with E-state index in [-0.39, 0.29) is 12.1 Å². The fraction of sp³-hybridized carbons (Fsp3) is 0.914. The van der Waals surface area contributed by atoms with Gasteiger partial charge in [-0.05, 0) is 117 Å². The van der Waals surface area contributed by atoms with E-state index >= 15 is 0 Å². The molecule has 3 heteroatoms. The largest absolute Gasteiger partial charge is 0.462 e. The van der Waals surface area contributed by atoms with Gasteiger partial charge in [-0.3, -0.25) is 4.79 Å². The molecule has 216 valence electrons. The molecule has 0 N–H and O–H groups in total. The van der Waals surface area contributed by atoms with Crippen molar-refractivity contribution in [1.29, 1.82) is 0 Å². The van der Waals surface area contributed by atoms with Gasteiger partial charge in [0.15, 0.2) is 0 Å². The molecule has 0 spiro atoms. The molecule has 38 heavy (non-hydrogen) atoms. The van der Waals surface area contributed by atoms with Crippen molar-refractivity contribution in [3.05, 3.63) is 11.6 Å². The van der Waals surface area contributed by atoms with Crippen molar-refractivity contribution in [1.82, 2.24) is 4.90 Å². The number of hydrogen-bond acceptors (Lipinski definition) is 3. The van der Waals surface area contributed by atoms with Crippen LogP contribution in [0.4, 0.5) is 0 Å². The van der Waals surface area contributed by atoms with E-state index in [2.05, 4.69) is 45.6 Å². The Hall–Kier alpha value is -0.830. The smallest absolute Gasteiger partial charge is 0.307 e. The van der Waals surface area contributed by atoms with Gasteiger partial charge >= 0.3 is 5.97 Å². The molecule has 3 nitrogen and oxygen atoms in total. The van der Waals surface area contributed by atoms with Crippen LogP contribution in [0, 0.1) is 46.3 Å². The molecular weight excluding hydrogens is 466 g/mol. The molecule has 0 unspecified atom stereocenters. The number of esters is 1. The molecule has 4 fully saturated rings. The first-order valence-electron chi connectivity index (χ1n) is 16.8. The molecule has 3 saturated carbocycles. The van der Waals surface area contributed by atoms with Crippen LogP contribution in [0.15, 0.2) is 11.6 Å². The summed E-state index contributed by atoms with van der Waals surface area (Å²) < 4.78 is 6.08. The monoisotopic (exact) mass is 525 g/mol. The highest BCUT2D eigenvalue weighted by Crippen LogP contribution is 2.67. The Labute approximate surface area is 234 Å². The van der Waals surface area contributed by atoms with Crippen molar-refractivity contribution < 1.29 is 9.53 Å². The Balaban J connectivity index is 1.17. The molecule has 0 radical (unpaired) electrons. The fourth-order valence-corrected chi connectivity index (χ4v) is 10.4. The van der Waals surface area contributed by atoms with Gasteiger partial charge in [0.2, 0.25) is 0 Å². The second-order valence-electron chi connectivity index (χ2n) is 15.3. The van der Waals surface area contributed by atoms with Crippen molar-refractivity contribution in [3.8, 4) is 0 Å². The van der Waals surface area contributed by atoms with E-state index in [9.17, 15) is 4.79 Å². The first-order valence-corrected chi connectivity index (χ1v) is 16.8. The second kappa shape index (κ2) is 12.0. The van der Waals surface area contributed by atoms with Crippen LogP contribution >= 0.6 is 0 Å². The highest BCUT2D eigenvalue weighted by atomic mass is 16.5. The van der Waals surface area contributed by atoms with Gasteiger partial charge in [0.1, 0.15) is 6.10 Å². The van der Waals surface area contributed by atoms with E-state index in [1.807, 2.05) is 0 Å². The van der Waals surface area contributed by atoms with Crippen molar-refractivity contribution in [2.45, 2.75) is 137 Å². The third-order valence-corrected chi connectivity index (χ3v) is 12.6. The minimum atomic E-state index is 0.0337. The van der Waals surface area contributed by atoms with Crippen molar-refractivity contribution in [3.63, 3.8) is 0 Å². The maximum atomic E-state index is 12.7. The Kier molecular flexibility index (Phi) is 9.03. The fourth-order valence-electron chi connectivity index (χ4n) is 10.4. The Morgan fingerprint density at radius 3 is 2.55 bits per heavy atom. The number of allylic oxidation sites excluding steroid dienone is 1. The third-order valence-electron chi connectivity index (χ3n) is 12.6. The van der Waals surface area contributed by atoms with Gasteiger partial charge in [0.05, 0.1) is 6.42 Å². The molecule has 8 atom stereocenters. The SMILES string of the molecule is CC(C)CCC[C@@H](C)[C@H]1CC[C@H]2[C@H]3CC=C4C[C@@H](OC(=O)CCN5CCCCC5)CC[C@]4(C)[C@H]3CC[C@]12C. The van der Waals surface area contributed by atoms with E-state index in [0.717, 1.165) is 68.0 Å². The number of piperidine rings is 1. The van der Waals surface area contributed by atoms with Gasteiger partial charge in [-0.15, -0.1) is 0 Å². The highest BCUT2D eigenvalue weighted by Gasteiger charge is 2.59. The van der Waals surface area contributed by atoms with Crippen molar-refractivity contribution in [2.75, 3.05) is 19.6 Å². The number of nitrogens with zero attached hydrogens (tertiary/aromatic N) is 1. The Bertz CT molecular complexity index is 843. The summed E-state index contributed by atoms with van der Waals surface area (Å²) in [5.74, 6) is 5.31. The quantitative estimate of drug-likeness (QED) is 0.222. The molecule has 4 aliphatic carbocycles. The number of hydrogen-bond donors (Lipinski definition) is 0. The molecule has 0 bridgehead atoms. The summed E-state index contributed by atoms with van der Waals surface area (Å²) in [6.45, 7) is 15.8. The summed E-state index contributed by atoms with van der Waals surface area (Å²) in [6, 6.07) is 0.